The molecule has 0 saturated carbocycles. The molecule has 1 aromatic carbocycles. The Bertz CT molecular complexity index is 378. The zero-order chi connectivity index (χ0) is 12.1. The van der Waals surface area contributed by atoms with Gasteiger partial charge in [-0.25, -0.2) is 4.79 Å². The molecule has 0 aromatic heterocycles. The molecule has 0 aliphatic heterocycles. The number of phenols is 1. The first-order valence-corrected chi connectivity index (χ1v) is 5.50. The van der Waals surface area contributed by atoms with Crippen LogP contribution >= 0.6 is 11.6 Å². The minimum Gasteiger partial charge on any atom is -0.506 e. The van der Waals surface area contributed by atoms with E-state index in [1.54, 1.807) is 11.0 Å². The fraction of sp³-hybridized carbons (Fsp3) is 0.364. The maximum absolute atomic E-state index is 11.7. The number of nitrogens with zero attached hydrogens (tertiary/aromatic N) is 1. The van der Waals surface area contributed by atoms with Crippen LogP contribution < -0.4 is 5.32 Å². The molecule has 0 aliphatic carbocycles. The highest BCUT2D eigenvalue weighted by Crippen LogP contribution is 2.26. The van der Waals surface area contributed by atoms with Gasteiger partial charge >= 0.3 is 6.03 Å². The Balaban J connectivity index is 2.73. The lowest BCUT2D eigenvalue weighted by Crippen LogP contribution is -2.34. The molecule has 0 atom stereocenters. The van der Waals surface area contributed by atoms with Gasteiger partial charge in [0.2, 0.25) is 0 Å². The van der Waals surface area contributed by atoms with Gasteiger partial charge in [-0.2, -0.15) is 0 Å². The summed E-state index contributed by atoms with van der Waals surface area (Å²) in [5, 5.41) is 12.1. The van der Waals surface area contributed by atoms with E-state index in [2.05, 4.69) is 5.32 Å². The SMILES string of the molecule is CCN(CC)C(=O)Nc1ccc(O)c(Cl)c1. The van der Waals surface area contributed by atoms with Crippen LogP contribution in [0.4, 0.5) is 10.5 Å². The van der Waals surface area contributed by atoms with Crippen molar-refractivity contribution in [2.24, 2.45) is 0 Å². The second kappa shape index (κ2) is 5.61. The summed E-state index contributed by atoms with van der Waals surface area (Å²) in [6.45, 7) is 5.11. The predicted octanol–water partition coefficient (Wildman–Crippen LogP) is 2.92. The van der Waals surface area contributed by atoms with E-state index in [1.807, 2.05) is 13.8 Å². The number of anilines is 1. The van der Waals surface area contributed by atoms with Gasteiger partial charge in [0.05, 0.1) is 5.02 Å². The number of halogens is 1. The Labute approximate surface area is 99.8 Å². The molecule has 0 unspecified atom stereocenters. The zero-order valence-corrected chi connectivity index (χ0v) is 10.1. The van der Waals surface area contributed by atoms with E-state index in [-0.39, 0.29) is 16.8 Å². The molecule has 0 heterocycles. The van der Waals surface area contributed by atoms with Crippen LogP contribution in [0.3, 0.4) is 0 Å². The largest absolute Gasteiger partial charge is 0.506 e. The van der Waals surface area contributed by atoms with Gasteiger partial charge in [0, 0.05) is 18.8 Å². The van der Waals surface area contributed by atoms with Gasteiger partial charge in [-0.15, -0.1) is 0 Å². The Morgan fingerprint density at radius 3 is 2.56 bits per heavy atom. The van der Waals surface area contributed by atoms with Crippen molar-refractivity contribution in [3.8, 4) is 5.75 Å². The fourth-order valence-corrected chi connectivity index (χ4v) is 1.48. The van der Waals surface area contributed by atoms with Crippen LogP contribution in [0.1, 0.15) is 13.8 Å². The first-order valence-electron chi connectivity index (χ1n) is 5.13. The van der Waals surface area contributed by atoms with Gasteiger partial charge in [0.15, 0.2) is 0 Å². The van der Waals surface area contributed by atoms with Crippen molar-refractivity contribution in [3.63, 3.8) is 0 Å². The average Bonchev–Trinajstić information content (AvgIpc) is 2.25. The van der Waals surface area contributed by atoms with Crippen LogP contribution in [0, 0.1) is 0 Å². The van der Waals surface area contributed by atoms with Crippen LogP contribution in [0.5, 0.6) is 5.75 Å². The van der Waals surface area contributed by atoms with E-state index < -0.39 is 0 Å². The molecule has 0 fully saturated rings. The average molecular weight is 243 g/mol. The lowest BCUT2D eigenvalue weighted by atomic mass is 10.3. The third-order valence-corrected chi connectivity index (χ3v) is 2.55. The molecular weight excluding hydrogens is 228 g/mol. The summed E-state index contributed by atoms with van der Waals surface area (Å²) in [5.41, 5.74) is 0.569. The van der Waals surface area contributed by atoms with Crippen molar-refractivity contribution in [1.29, 1.82) is 0 Å². The summed E-state index contributed by atoms with van der Waals surface area (Å²) < 4.78 is 0. The molecule has 2 amide bonds. The normalized spacial score (nSPS) is 9.94. The van der Waals surface area contributed by atoms with Crippen LogP contribution in [-0.4, -0.2) is 29.1 Å². The van der Waals surface area contributed by atoms with Gasteiger partial charge in [0.1, 0.15) is 5.75 Å². The van der Waals surface area contributed by atoms with Gasteiger partial charge in [-0.3, -0.25) is 0 Å². The number of aromatic hydroxyl groups is 1. The molecule has 88 valence electrons. The van der Waals surface area contributed by atoms with Crippen LogP contribution in [-0.2, 0) is 0 Å². The zero-order valence-electron chi connectivity index (χ0n) is 9.33. The number of carbonyl (C=O) groups is 1. The highest BCUT2D eigenvalue weighted by molar-refractivity contribution is 6.32. The van der Waals surface area contributed by atoms with Crippen LogP contribution in [0.2, 0.25) is 5.02 Å². The van der Waals surface area contributed by atoms with Crippen LogP contribution in [0.25, 0.3) is 0 Å². The first kappa shape index (κ1) is 12.6. The van der Waals surface area contributed by atoms with Crippen molar-refractivity contribution in [2.75, 3.05) is 18.4 Å². The molecule has 4 nitrogen and oxygen atoms in total. The first-order chi connectivity index (χ1) is 7.58. The Hall–Kier alpha value is -1.42. The topological polar surface area (TPSA) is 52.6 Å². The minimum absolute atomic E-state index is 0.00232. The highest BCUT2D eigenvalue weighted by atomic mass is 35.5. The number of rotatable bonds is 3. The summed E-state index contributed by atoms with van der Waals surface area (Å²) >= 11 is 5.73. The second-order valence-electron chi connectivity index (χ2n) is 3.27. The lowest BCUT2D eigenvalue weighted by Gasteiger charge is -2.19. The molecule has 0 aliphatic rings. The summed E-state index contributed by atoms with van der Waals surface area (Å²) in [6, 6.07) is 4.38. The summed E-state index contributed by atoms with van der Waals surface area (Å²) in [6.07, 6.45) is 0. The Morgan fingerprint density at radius 1 is 1.44 bits per heavy atom. The highest BCUT2D eigenvalue weighted by Gasteiger charge is 2.09. The molecular formula is C11H15ClN2O2. The molecule has 0 spiro atoms. The third kappa shape index (κ3) is 3.03. The minimum atomic E-state index is -0.174. The third-order valence-electron chi connectivity index (χ3n) is 2.25. The van der Waals surface area contributed by atoms with Crippen molar-refractivity contribution in [1.82, 2.24) is 4.90 Å². The standard InChI is InChI=1S/C11H15ClN2O2/c1-3-14(4-2)11(16)13-8-5-6-10(15)9(12)7-8/h5-7,15H,3-4H2,1-2H3,(H,13,16). The van der Waals surface area contributed by atoms with Crippen molar-refractivity contribution in [2.45, 2.75) is 13.8 Å². The summed E-state index contributed by atoms with van der Waals surface area (Å²) in [5.74, 6) is 0.00232. The van der Waals surface area contributed by atoms with E-state index in [0.29, 0.717) is 18.8 Å². The van der Waals surface area contributed by atoms with Gasteiger partial charge < -0.3 is 15.3 Å². The smallest absolute Gasteiger partial charge is 0.321 e. The van der Waals surface area contributed by atoms with Crippen LogP contribution in [0.15, 0.2) is 18.2 Å². The van der Waals surface area contributed by atoms with E-state index >= 15 is 0 Å². The Kier molecular flexibility index (Phi) is 4.43. The molecule has 0 saturated heterocycles. The number of benzene rings is 1. The van der Waals surface area contributed by atoms with Gasteiger partial charge in [-0.05, 0) is 32.0 Å². The molecule has 2 N–H and O–H groups in total. The van der Waals surface area contributed by atoms with E-state index in [1.165, 1.54) is 12.1 Å². The second-order valence-corrected chi connectivity index (χ2v) is 3.68. The number of carbonyl (C=O) groups excluding carboxylic acids is 1. The maximum Gasteiger partial charge on any atom is 0.321 e. The van der Waals surface area contributed by atoms with E-state index in [0.717, 1.165) is 0 Å². The number of phenolic OH excluding ortho intramolecular Hbond substituents is 1. The van der Waals surface area contributed by atoms with E-state index in [9.17, 15) is 9.90 Å². The number of hydrogen-bond acceptors (Lipinski definition) is 2. The number of amides is 2. The van der Waals surface area contributed by atoms with Crippen molar-refractivity contribution in [3.05, 3.63) is 23.2 Å². The maximum atomic E-state index is 11.7. The Morgan fingerprint density at radius 2 is 2.06 bits per heavy atom. The number of hydrogen-bond donors (Lipinski definition) is 2. The summed E-state index contributed by atoms with van der Waals surface area (Å²) in [4.78, 5) is 13.3. The van der Waals surface area contributed by atoms with Crippen molar-refractivity contribution >= 4 is 23.3 Å². The predicted molar refractivity (Wildman–Crippen MR) is 65.1 cm³/mol. The molecule has 16 heavy (non-hydrogen) atoms. The van der Waals surface area contributed by atoms with Crippen molar-refractivity contribution < 1.29 is 9.90 Å². The number of nitrogens with one attached hydrogen (secondary N) is 1. The molecule has 0 radical (unpaired) electrons. The quantitative estimate of drug-likeness (QED) is 0.801. The molecule has 1 rings (SSSR count). The number of urea groups is 1. The van der Waals surface area contributed by atoms with Gasteiger partial charge in [0.25, 0.3) is 0 Å². The van der Waals surface area contributed by atoms with E-state index in [4.69, 9.17) is 11.6 Å². The molecule has 0 bridgehead atoms. The molecule has 5 heteroatoms. The monoisotopic (exact) mass is 242 g/mol. The van der Waals surface area contributed by atoms with Gasteiger partial charge in [-0.1, -0.05) is 11.6 Å². The molecule has 1 aromatic rings. The fourth-order valence-electron chi connectivity index (χ4n) is 1.30. The lowest BCUT2D eigenvalue weighted by molar-refractivity contribution is 0.217. The summed E-state index contributed by atoms with van der Waals surface area (Å²) in [7, 11) is 0.